The molecule has 0 aliphatic rings. The lowest BCUT2D eigenvalue weighted by Gasteiger charge is -2.21. The molecule has 0 aliphatic carbocycles. The highest BCUT2D eigenvalue weighted by Crippen LogP contribution is 2.36. The Balaban J connectivity index is 2.05. The van der Waals surface area contributed by atoms with Gasteiger partial charge in [0.05, 0.1) is 15.7 Å². The first kappa shape index (κ1) is 16.4. The fraction of sp³-hybridized carbons (Fsp3) is 0.222. The summed E-state index contributed by atoms with van der Waals surface area (Å²) in [6, 6.07) is 7.63. The van der Waals surface area contributed by atoms with Crippen LogP contribution in [0.15, 0.2) is 42.0 Å². The second kappa shape index (κ2) is 6.23. The molecule has 2 heterocycles. The maximum atomic E-state index is 6.11. The minimum atomic E-state index is 0.0354. The van der Waals surface area contributed by atoms with Crippen molar-refractivity contribution < 1.29 is 0 Å². The van der Waals surface area contributed by atoms with E-state index < -0.39 is 0 Å². The molecule has 1 aromatic carbocycles. The van der Waals surface area contributed by atoms with E-state index in [1.54, 1.807) is 17.4 Å². The molecule has 0 bridgehead atoms. The standard InChI is InChI=1S/C18H16Cl2N2S/c1-18(2,3)13-6-7-21-9-12(13)17-22-16(10-23-17)11-4-5-14(19)15(20)8-11/h4-10H,1-3H3. The van der Waals surface area contributed by atoms with E-state index in [4.69, 9.17) is 28.2 Å². The summed E-state index contributed by atoms with van der Waals surface area (Å²) in [6.45, 7) is 6.58. The van der Waals surface area contributed by atoms with Gasteiger partial charge < -0.3 is 0 Å². The fourth-order valence-electron chi connectivity index (χ4n) is 2.40. The minimum absolute atomic E-state index is 0.0354. The van der Waals surface area contributed by atoms with Gasteiger partial charge in [0.1, 0.15) is 5.01 Å². The first-order valence-electron chi connectivity index (χ1n) is 7.22. The van der Waals surface area contributed by atoms with E-state index in [-0.39, 0.29) is 5.41 Å². The van der Waals surface area contributed by atoms with E-state index in [9.17, 15) is 0 Å². The highest BCUT2D eigenvalue weighted by Gasteiger charge is 2.20. The predicted octanol–water partition coefficient (Wildman–Crippen LogP) is 6.48. The van der Waals surface area contributed by atoms with Crippen LogP contribution in [0, 0.1) is 0 Å². The number of hydrogen-bond donors (Lipinski definition) is 0. The van der Waals surface area contributed by atoms with Gasteiger partial charge in [-0.3, -0.25) is 4.98 Å². The van der Waals surface area contributed by atoms with E-state index in [1.807, 2.05) is 29.9 Å². The SMILES string of the molecule is CC(C)(C)c1ccncc1-c1nc(-c2ccc(Cl)c(Cl)c2)cs1. The molecular weight excluding hydrogens is 347 g/mol. The molecule has 0 saturated heterocycles. The third-order valence-corrected chi connectivity index (χ3v) is 5.19. The number of rotatable bonds is 2. The topological polar surface area (TPSA) is 25.8 Å². The van der Waals surface area contributed by atoms with Gasteiger partial charge in [0.2, 0.25) is 0 Å². The van der Waals surface area contributed by atoms with Gasteiger partial charge in [-0.05, 0) is 29.2 Å². The van der Waals surface area contributed by atoms with E-state index >= 15 is 0 Å². The lowest BCUT2D eigenvalue weighted by atomic mass is 9.85. The molecule has 3 aromatic rings. The van der Waals surface area contributed by atoms with Gasteiger partial charge in [0.15, 0.2) is 0 Å². The van der Waals surface area contributed by atoms with Crippen LogP contribution < -0.4 is 0 Å². The highest BCUT2D eigenvalue weighted by atomic mass is 35.5. The van der Waals surface area contributed by atoms with Crippen LogP contribution in [0.2, 0.25) is 10.0 Å². The zero-order valence-corrected chi connectivity index (χ0v) is 15.4. The Kier molecular flexibility index (Phi) is 4.45. The van der Waals surface area contributed by atoms with Crippen molar-refractivity contribution in [3.63, 3.8) is 0 Å². The molecule has 5 heteroatoms. The molecule has 0 saturated carbocycles. The lowest BCUT2D eigenvalue weighted by molar-refractivity contribution is 0.591. The monoisotopic (exact) mass is 362 g/mol. The van der Waals surface area contributed by atoms with E-state index in [0.29, 0.717) is 10.0 Å². The second-order valence-electron chi connectivity index (χ2n) is 6.34. The molecule has 0 atom stereocenters. The van der Waals surface area contributed by atoms with Crippen LogP contribution in [0.4, 0.5) is 0 Å². The molecule has 2 nitrogen and oxygen atoms in total. The number of halogens is 2. The van der Waals surface area contributed by atoms with Gasteiger partial charge in [0, 0.05) is 28.9 Å². The second-order valence-corrected chi connectivity index (χ2v) is 8.01. The van der Waals surface area contributed by atoms with Crippen molar-refractivity contribution in [3.05, 3.63) is 57.6 Å². The smallest absolute Gasteiger partial charge is 0.125 e. The molecule has 3 rings (SSSR count). The average molecular weight is 363 g/mol. The molecule has 23 heavy (non-hydrogen) atoms. The van der Waals surface area contributed by atoms with Crippen LogP contribution in [0.5, 0.6) is 0 Å². The normalized spacial score (nSPS) is 11.7. The van der Waals surface area contributed by atoms with Crippen molar-refractivity contribution in [2.24, 2.45) is 0 Å². The number of aromatic nitrogens is 2. The third-order valence-electron chi connectivity index (χ3n) is 3.58. The van der Waals surface area contributed by atoms with Crippen molar-refractivity contribution in [2.45, 2.75) is 26.2 Å². The molecular formula is C18H16Cl2N2S. The average Bonchev–Trinajstić information content (AvgIpc) is 2.99. The lowest BCUT2D eigenvalue weighted by Crippen LogP contribution is -2.12. The van der Waals surface area contributed by atoms with Crippen molar-refractivity contribution in [1.29, 1.82) is 0 Å². The van der Waals surface area contributed by atoms with Gasteiger partial charge in [-0.25, -0.2) is 4.98 Å². The first-order valence-corrected chi connectivity index (χ1v) is 8.85. The summed E-state index contributed by atoms with van der Waals surface area (Å²) in [5.74, 6) is 0. The molecule has 0 unspecified atom stereocenters. The van der Waals surface area contributed by atoms with Gasteiger partial charge >= 0.3 is 0 Å². The van der Waals surface area contributed by atoms with Crippen LogP contribution in [0.3, 0.4) is 0 Å². The highest BCUT2D eigenvalue weighted by molar-refractivity contribution is 7.13. The van der Waals surface area contributed by atoms with E-state index in [0.717, 1.165) is 21.8 Å². The van der Waals surface area contributed by atoms with Crippen LogP contribution in [0.25, 0.3) is 21.8 Å². The van der Waals surface area contributed by atoms with Crippen LogP contribution >= 0.6 is 34.5 Å². The minimum Gasteiger partial charge on any atom is -0.264 e. The zero-order chi connectivity index (χ0) is 16.6. The molecule has 2 aromatic heterocycles. The number of pyridine rings is 1. The van der Waals surface area contributed by atoms with Gasteiger partial charge in [0.25, 0.3) is 0 Å². The Labute approximate surface area is 150 Å². The summed E-state index contributed by atoms with van der Waals surface area (Å²) in [4.78, 5) is 9.04. The van der Waals surface area contributed by atoms with Crippen molar-refractivity contribution in [1.82, 2.24) is 9.97 Å². The van der Waals surface area contributed by atoms with E-state index in [1.165, 1.54) is 5.56 Å². The van der Waals surface area contributed by atoms with E-state index in [2.05, 4.69) is 31.8 Å². The molecule has 118 valence electrons. The third kappa shape index (κ3) is 3.42. The Morgan fingerprint density at radius 1 is 1.04 bits per heavy atom. The number of benzene rings is 1. The number of nitrogens with zero attached hydrogens (tertiary/aromatic N) is 2. The summed E-state index contributed by atoms with van der Waals surface area (Å²) >= 11 is 13.7. The maximum Gasteiger partial charge on any atom is 0.125 e. The summed E-state index contributed by atoms with van der Waals surface area (Å²) in [7, 11) is 0. The predicted molar refractivity (Wildman–Crippen MR) is 99.5 cm³/mol. The van der Waals surface area contributed by atoms with Crippen LogP contribution in [-0.4, -0.2) is 9.97 Å². The van der Waals surface area contributed by atoms with Gasteiger partial charge in [-0.2, -0.15) is 0 Å². The Bertz CT molecular complexity index is 850. The van der Waals surface area contributed by atoms with Crippen molar-refractivity contribution in [3.8, 4) is 21.8 Å². The molecule has 0 fully saturated rings. The molecule has 0 amide bonds. The van der Waals surface area contributed by atoms with Crippen molar-refractivity contribution in [2.75, 3.05) is 0 Å². The Morgan fingerprint density at radius 2 is 1.83 bits per heavy atom. The van der Waals surface area contributed by atoms with Crippen molar-refractivity contribution >= 4 is 34.5 Å². The number of hydrogen-bond acceptors (Lipinski definition) is 3. The summed E-state index contributed by atoms with van der Waals surface area (Å²) in [6.07, 6.45) is 3.72. The summed E-state index contributed by atoms with van der Waals surface area (Å²) in [5, 5.41) is 4.08. The summed E-state index contributed by atoms with van der Waals surface area (Å²) in [5.41, 5.74) is 4.21. The van der Waals surface area contributed by atoms with Crippen LogP contribution in [-0.2, 0) is 5.41 Å². The van der Waals surface area contributed by atoms with Gasteiger partial charge in [-0.1, -0.05) is 50.0 Å². The fourth-order valence-corrected chi connectivity index (χ4v) is 3.56. The Hall–Kier alpha value is -1.42. The maximum absolute atomic E-state index is 6.11. The molecule has 0 aliphatic heterocycles. The zero-order valence-electron chi connectivity index (χ0n) is 13.1. The summed E-state index contributed by atoms with van der Waals surface area (Å²) < 4.78 is 0. The Morgan fingerprint density at radius 3 is 2.52 bits per heavy atom. The van der Waals surface area contributed by atoms with Gasteiger partial charge in [-0.15, -0.1) is 11.3 Å². The van der Waals surface area contributed by atoms with Crippen LogP contribution in [0.1, 0.15) is 26.3 Å². The number of thiazole rings is 1. The molecule has 0 N–H and O–H groups in total. The largest absolute Gasteiger partial charge is 0.264 e. The molecule has 0 radical (unpaired) electrons. The quantitative estimate of drug-likeness (QED) is 0.521. The first-order chi connectivity index (χ1) is 10.9. The molecule has 0 spiro atoms.